The van der Waals surface area contributed by atoms with E-state index in [0.717, 1.165) is 32.6 Å². The summed E-state index contributed by atoms with van der Waals surface area (Å²) in [5.41, 5.74) is 3.46. The summed E-state index contributed by atoms with van der Waals surface area (Å²) >= 11 is 15.2. The minimum atomic E-state index is -0.104. The van der Waals surface area contributed by atoms with Crippen LogP contribution < -0.4 is 10.1 Å². The SMILES string of the molecule is COc1ccc(NC(=O)Cc2csc(SCc3ccc(Cl)cc3Cl)n2)cc1C. The second-order valence-electron chi connectivity index (χ2n) is 6.04. The molecule has 3 aromatic rings. The number of nitrogens with zero attached hydrogens (tertiary/aromatic N) is 1. The number of methoxy groups -OCH3 is 1. The highest BCUT2D eigenvalue weighted by atomic mass is 35.5. The van der Waals surface area contributed by atoms with Gasteiger partial charge in [0.25, 0.3) is 0 Å². The molecule has 0 saturated heterocycles. The van der Waals surface area contributed by atoms with Crippen LogP contribution >= 0.6 is 46.3 Å². The number of halogens is 2. The number of hydrogen-bond acceptors (Lipinski definition) is 5. The van der Waals surface area contributed by atoms with Crippen molar-refractivity contribution in [3.8, 4) is 5.75 Å². The van der Waals surface area contributed by atoms with Gasteiger partial charge in [0.1, 0.15) is 10.1 Å². The number of aryl methyl sites for hydroxylation is 1. The molecule has 1 heterocycles. The van der Waals surface area contributed by atoms with Crippen LogP contribution in [0.25, 0.3) is 0 Å². The second-order valence-corrected chi connectivity index (χ2v) is 8.96. The van der Waals surface area contributed by atoms with Crippen LogP contribution in [0.1, 0.15) is 16.8 Å². The van der Waals surface area contributed by atoms with Gasteiger partial charge in [0.2, 0.25) is 5.91 Å². The molecule has 8 heteroatoms. The summed E-state index contributed by atoms with van der Waals surface area (Å²) in [5.74, 6) is 1.38. The standard InChI is InChI=1S/C20H18Cl2N2O2S2/c1-12-7-15(5-6-18(12)26-2)23-19(25)9-16-11-28-20(24-16)27-10-13-3-4-14(21)8-17(13)22/h3-8,11H,9-10H2,1-2H3,(H,23,25). The minimum absolute atomic E-state index is 0.104. The van der Waals surface area contributed by atoms with Gasteiger partial charge in [-0.1, -0.05) is 41.0 Å². The van der Waals surface area contributed by atoms with Gasteiger partial charge < -0.3 is 10.1 Å². The molecule has 28 heavy (non-hydrogen) atoms. The molecule has 1 amide bonds. The van der Waals surface area contributed by atoms with E-state index in [2.05, 4.69) is 10.3 Å². The number of carbonyl (C=O) groups excluding carboxylic acids is 1. The van der Waals surface area contributed by atoms with Crippen LogP contribution in [0.3, 0.4) is 0 Å². The van der Waals surface area contributed by atoms with Crippen molar-refractivity contribution in [2.24, 2.45) is 0 Å². The van der Waals surface area contributed by atoms with E-state index < -0.39 is 0 Å². The Morgan fingerprint density at radius 2 is 2.07 bits per heavy atom. The molecule has 0 aliphatic heterocycles. The van der Waals surface area contributed by atoms with Crippen molar-refractivity contribution in [2.75, 3.05) is 12.4 Å². The number of rotatable bonds is 7. The van der Waals surface area contributed by atoms with Crippen LogP contribution in [-0.2, 0) is 17.0 Å². The lowest BCUT2D eigenvalue weighted by Crippen LogP contribution is -2.14. The molecule has 0 spiro atoms. The number of benzene rings is 2. The molecule has 0 saturated carbocycles. The first-order chi connectivity index (χ1) is 13.4. The summed E-state index contributed by atoms with van der Waals surface area (Å²) in [7, 11) is 1.62. The molecule has 1 N–H and O–H groups in total. The molecule has 0 atom stereocenters. The number of ether oxygens (including phenoxy) is 1. The van der Waals surface area contributed by atoms with E-state index in [0.29, 0.717) is 15.8 Å². The first kappa shape index (κ1) is 21.0. The third-order valence-corrected chi connectivity index (χ3v) is 6.62. The maximum absolute atomic E-state index is 12.3. The van der Waals surface area contributed by atoms with Crippen LogP contribution in [0.2, 0.25) is 10.0 Å². The van der Waals surface area contributed by atoms with Gasteiger partial charge >= 0.3 is 0 Å². The molecule has 2 aromatic carbocycles. The maximum Gasteiger partial charge on any atom is 0.230 e. The Morgan fingerprint density at radius 1 is 1.25 bits per heavy atom. The summed E-state index contributed by atoms with van der Waals surface area (Å²) < 4.78 is 6.13. The van der Waals surface area contributed by atoms with E-state index in [9.17, 15) is 4.79 Å². The van der Waals surface area contributed by atoms with E-state index in [1.807, 2.05) is 42.6 Å². The first-order valence-electron chi connectivity index (χ1n) is 8.40. The predicted molar refractivity (Wildman–Crippen MR) is 118 cm³/mol. The van der Waals surface area contributed by atoms with Gasteiger partial charge in [-0.25, -0.2) is 4.98 Å². The smallest absolute Gasteiger partial charge is 0.230 e. The molecule has 1 aromatic heterocycles. The predicted octanol–water partition coefficient (Wildman–Crippen LogP) is 6.24. The zero-order valence-electron chi connectivity index (χ0n) is 15.3. The summed E-state index contributed by atoms with van der Waals surface area (Å²) in [6, 6.07) is 11.0. The molecule has 3 rings (SSSR count). The Hall–Kier alpha value is -1.73. The lowest BCUT2D eigenvalue weighted by molar-refractivity contribution is -0.115. The molecular formula is C20H18Cl2N2O2S2. The van der Waals surface area contributed by atoms with E-state index in [1.165, 1.54) is 11.3 Å². The maximum atomic E-state index is 12.3. The fourth-order valence-corrected chi connectivity index (χ4v) is 4.94. The van der Waals surface area contributed by atoms with Crippen LogP contribution in [0, 0.1) is 6.92 Å². The summed E-state index contributed by atoms with van der Waals surface area (Å²) in [6.07, 6.45) is 0.226. The summed E-state index contributed by atoms with van der Waals surface area (Å²) in [4.78, 5) is 16.8. The molecule has 0 fully saturated rings. The van der Waals surface area contributed by atoms with E-state index >= 15 is 0 Å². The molecular weight excluding hydrogens is 435 g/mol. The zero-order valence-corrected chi connectivity index (χ0v) is 18.4. The third kappa shape index (κ3) is 5.64. The molecule has 146 valence electrons. The van der Waals surface area contributed by atoms with E-state index in [4.69, 9.17) is 27.9 Å². The Morgan fingerprint density at radius 3 is 2.79 bits per heavy atom. The molecule has 0 aliphatic rings. The Balaban J connectivity index is 1.55. The van der Waals surface area contributed by atoms with E-state index in [-0.39, 0.29) is 12.3 Å². The van der Waals surface area contributed by atoms with Gasteiger partial charge in [0.05, 0.1) is 19.2 Å². The van der Waals surface area contributed by atoms with Crippen molar-refractivity contribution < 1.29 is 9.53 Å². The van der Waals surface area contributed by atoms with Crippen molar-refractivity contribution >= 4 is 57.9 Å². The molecule has 0 radical (unpaired) electrons. The zero-order chi connectivity index (χ0) is 20.1. The van der Waals surface area contributed by atoms with Crippen LogP contribution in [-0.4, -0.2) is 18.0 Å². The van der Waals surface area contributed by atoms with Gasteiger partial charge in [0.15, 0.2) is 0 Å². The number of thiazole rings is 1. The van der Waals surface area contributed by atoms with Crippen molar-refractivity contribution in [1.29, 1.82) is 0 Å². The Kier molecular flexibility index (Phi) is 7.24. The van der Waals surface area contributed by atoms with Crippen molar-refractivity contribution in [2.45, 2.75) is 23.4 Å². The molecule has 0 aliphatic carbocycles. The first-order valence-corrected chi connectivity index (χ1v) is 11.0. The number of thioether (sulfide) groups is 1. The molecule has 0 unspecified atom stereocenters. The van der Waals surface area contributed by atoms with Crippen LogP contribution in [0.5, 0.6) is 5.75 Å². The fourth-order valence-electron chi connectivity index (χ4n) is 2.54. The Bertz CT molecular complexity index is 992. The highest BCUT2D eigenvalue weighted by Crippen LogP contribution is 2.30. The second kappa shape index (κ2) is 9.65. The topological polar surface area (TPSA) is 51.2 Å². The average molecular weight is 453 g/mol. The fraction of sp³-hybridized carbons (Fsp3) is 0.200. The number of hydrogen-bond donors (Lipinski definition) is 1. The van der Waals surface area contributed by atoms with Gasteiger partial charge in [-0.05, 0) is 48.4 Å². The lowest BCUT2D eigenvalue weighted by Gasteiger charge is -2.08. The number of amides is 1. The number of carbonyl (C=O) groups is 1. The quantitative estimate of drug-likeness (QED) is 0.430. The van der Waals surface area contributed by atoms with Gasteiger partial charge in [-0.15, -0.1) is 11.3 Å². The van der Waals surface area contributed by atoms with Gasteiger partial charge in [-0.3, -0.25) is 4.79 Å². The third-order valence-electron chi connectivity index (χ3n) is 3.92. The average Bonchev–Trinajstić information content (AvgIpc) is 3.08. The number of anilines is 1. The number of nitrogens with one attached hydrogen (secondary N) is 1. The molecule has 4 nitrogen and oxygen atoms in total. The van der Waals surface area contributed by atoms with E-state index in [1.54, 1.807) is 24.9 Å². The van der Waals surface area contributed by atoms with Crippen molar-refractivity contribution in [3.05, 3.63) is 68.6 Å². The summed E-state index contributed by atoms with van der Waals surface area (Å²) in [5, 5.41) is 6.07. The monoisotopic (exact) mass is 452 g/mol. The summed E-state index contributed by atoms with van der Waals surface area (Å²) in [6.45, 7) is 1.94. The minimum Gasteiger partial charge on any atom is -0.496 e. The van der Waals surface area contributed by atoms with Crippen LogP contribution in [0.4, 0.5) is 5.69 Å². The molecule has 0 bridgehead atoms. The normalized spacial score (nSPS) is 10.7. The Labute approximate surface area is 182 Å². The van der Waals surface area contributed by atoms with Gasteiger partial charge in [-0.2, -0.15) is 0 Å². The number of aromatic nitrogens is 1. The van der Waals surface area contributed by atoms with Gasteiger partial charge in [0, 0.05) is 26.9 Å². The highest BCUT2D eigenvalue weighted by Gasteiger charge is 2.10. The highest BCUT2D eigenvalue weighted by molar-refractivity contribution is 8.00. The lowest BCUT2D eigenvalue weighted by atomic mass is 10.2. The van der Waals surface area contributed by atoms with Crippen molar-refractivity contribution in [3.63, 3.8) is 0 Å². The van der Waals surface area contributed by atoms with Crippen LogP contribution in [0.15, 0.2) is 46.1 Å². The van der Waals surface area contributed by atoms with Crippen molar-refractivity contribution in [1.82, 2.24) is 4.98 Å². The largest absolute Gasteiger partial charge is 0.496 e.